The van der Waals surface area contributed by atoms with Crippen molar-refractivity contribution in [1.82, 2.24) is 0 Å². The van der Waals surface area contributed by atoms with E-state index in [0.717, 1.165) is 18.2 Å². The number of alkyl halides is 3. The molecule has 0 bridgehead atoms. The van der Waals surface area contributed by atoms with Gasteiger partial charge in [0.1, 0.15) is 0 Å². The second-order valence-electron chi connectivity index (χ2n) is 4.07. The molecule has 0 aliphatic rings. The third-order valence-corrected chi connectivity index (χ3v) is 2.73. The molecule has 0 atom stereocenters. The van der Waals surface area contributed by atoms with Crippen LogP contribution in [0.4, 0.5) is 13.2 Å². The Hall–Kier alpha value is -2.61. The molecule has 2 aromatic carbocycles. The maximum Gasteiger partial charge on any atom is 0.417 e. The Morgan fingerprint density at radius 3 is 2.25 bits per heavy atom. The Kier molecular flexibility index (Phi) is 3.57. The summed E-state index contributed by atoms with van der Waals surface area (Å²) in [4.78, 5) is 12.2. The fraction of sp³-hybridized carbons (Fsp3) is 0.0667. The molecule has 0 unspecified atom stereocenters. The summed E-state index contributed by atoms with van der Waals surface area (Å²) in [5.41, 5.74) is -1.39. The van der Waals surface area contributed by atoms with E-state index in [2.05, 4.69) is 0 Å². The number of halogens is 3. The number of hydrogen-bond donors (Lipinski definition) is 0. The van der Waals surface area contributed by atoms with E-state index in [1.807, 2.05) is 0 Å². The first-order valence-electron chi connectivity index (χ1n) is 5.64. The monoisotopic (exact) mass is 275 g/mol. The van der Waals surface area contributed by atoms with Gasteiger partial charge in [0, 0.05) is 11.1 Å². The van der Waals surface area contributed by atoms with E-state index in [9.17, 15) is 18.0 Å². The van der Waals surface area contributed by atoms with Crippen molar-refractivity contribution in [2.75, 3.05) is 0 Å². The highest BCUT2D eigenvalue weighted by atomic mass is 19.4. The minimum Gasteiger partial charge on any atom is -0.289 e. The molecule has 0 aliphatic carbocycles. The van der Waals surface area contributed by atoms with Crippen molar-refractivity contribution in [3.05, 3.63) is 70.8 Å². The predicted molar refractivity (Wildman–Crippen MR) is 66.0 cm³/mol. The highest BCUT2D eigenvalue weighted by Crippen LogP contribution is 2.33. The van der Waals surface area contributed by atoms with Gasteiger partial charge in [-0.3, -0.25) is 4.79 Å². The fourth-order valence-electron chi connectivity index (χ4n) is 1.79. The van der Waals surface area contributed by atoms with Gasteiger partial charge in [0.25, 0.3) is 0 Å². The Morgan fingerprint density at radius 2 is 1.70 bits per heavy atom. The minimum atomic E-state index is -4.65. The van der Waals surface area contributed by atoms with Crippen LogP contribution in [0, 0.1) is 11.3 Å². The summed E-state index contributed by atoms with van der Waals surface area (Å²) >= 11 is 0. The summed E-state index contributed by atoms with van der Waals surface area (Å²) in [5.74, 6) is -0.755. The van der Waals surface area contributed by atoms with Crippen molar-refractivity contribution in [3.8, 4) is 6.07 Å². The van der Waals surface area contributed by atoms with Crippen LogP contribution in [0.3, 0.4) is 0 Å². The van der Waals surface area contributed by atoms with E-state index in [-0.39, 0.29) is 11.1 Å². The molecule has 100 valence electrons. The second-order valence-corrected chi connectivity index (χ2v) is 4.07. The Balaban J connectivity index is 2.60. The Morgan fingerprint density at radius 1 is 1.05 bits per heavy atom. The molecule has 5 heteroatoms. The summed E-state index contributed by atoms with van der Waals surface area (Å²) in [7, 11) is 0. The van der Waals surface area contributed by atoms with Crippen molar-refractivity contribution in [3.63, 3.8) is 0 Å². The summed E-state index contributed by atoms with van der Waals surface area (Å²) in [6, 6.07) is 12.2. The molecule has 2 rings (SSSR count). The largest absolute Gasteiger partial charge is 0.417 e. The molecule has 0 N–H and O–H groups in total. The Labute approximate surface area is 113 Å². The van der Waals surface area contributed by atoms with Crippen LogP contribution in [0.15, 0.2) is 48.5 Å². The second kappa shape index (κ2) is 5.17. The summed E-state index contributed by atoms with van der Waals surface area (Å²) in [5, 5.41) is 8.77. The van der Waals surface area contributed by atoms with Gasteiger partial charge in [0.05, 0.1) is 17.2 Å². The molecule has 0 heterocycles. The van der Waals surface area contributed by atoms with Crippen LogP contribution in [0.1, 0.15) is 27.0 Å². The third-order valence-electron chi connectivity index (χ3n) is 2.73. The zero-order chi connectivity index (χ0) is 14.8. The maximum atomic E-state index is 12.9. The van der Waals surface area contributed by atoms with Crippen molar-refractivity contribution >= 4 is 5.78 Å². The quantitative estimate of drug-likeness (QED) is 0.782. The van der Waals surface area contributed by atoms with Crippen LogP contribution in [0.2, 0.25) is 0 Å². The van der Waals surface area contributed by atoms with E-state index in [4.69, 9.17) is 5.26 Å². The van der Waals surface area contributed by atoms with Crippen LogP contribution in [-0.2, 0) is 6.18 Å². The van der Waals surface area contributed by atoms with Crippen LogP contribution < -0.4 is 0 Å². The average Bonchev–Trinajstić information content (AvgIpc) is 2.45. The van der Waals surface area contributed by atoms with Gasteiger partial charge in [0.15, 0.2) is 5.78 Å². The average molecular weight is 275 g/mol. The number of nitriles is 1. The first kappa shape index (κ1) is 13.8. The fourth-order valence-corrected chi connectivity index (χ4v) is 1.79. The molecule has 0 radical (unpaired) electrons. The lowest BCUT2D eigenvalue weighted by molar-refractivity contribution is -0.137. The topological polar surface area (TPSA) is 40.9 Å². The van der Waals surface area contributed by atoms with Crippen molar-refractivity contribution < 1.29 is 18.0 Å². The predicted octanol–water partition coefficient (Wildman–Crippen LogP) is 3.81. The molecule has 20 heavy (non-hydrogen) atoms. The molecule has 0 aromatic heterocycles. The van der Waals surface area contributed by atoms with Crippen LogP contribution >= 0.6 is 0 Å². The van der Waals surface area contributed by atoms with Gasteiger partial charge in [-0.2, -0.15) is 18.4 Å². The molecular weight excluding hydrogens is 267 g/mol. The SMILES string of the molecule is N#Cc1ccc(C(F)(F)F)c(C(=O)c2ccccc2)c1. The highest BCUT2D eigenvalue weighted by Gasteiger charge is 2.35. The van der Waals surface area contributed by atoms with E-state index in [1.165, 1.54) is 12.1 Å². The molecule has 0 amide bonds. The van der Waals surface area contributed by atoms with Crippen LogP contribution in [0.25, 0.3) is 0 Å². The van der Waals surface area contributed by atoms with E-state index in [0.29, 0.717) is 0 Å². The summed E-state index contributed by atoms with van der Waals surface area (Å²) < 4.78 is 38.8. The van der Waals surface area contributed by atoms with Crippen LogP contribution in [-0.4, -0.2) is 5.78 Å². The smallest absolute Gasteiger partial charge is 0.289 e. The summed E-state index contributed by atoms with van der Waals surface area (Å²) in [6.07, 6.45) is -4.65. The molecule has 0 saturated carbocycles. The molecular formula is C15H8F3NO. The van der Waals surface area contributed by atoms with E-state index in [1.54, 1.807) is 24.3 Å². The first-order valence-corrected chi connectivity index (χ1v) is 5.64. The van der Waals surface area contributed by atoms with Crippen molar-refractivity contribution in [2.24, 2.45) is 0 Å². The van der Waals surface area contributed by atoms with Gasteiger partial charge in [-0.05, 0) is 18.2 Å². The van der Waals surface area contributed by atoms with Gasteiger partial charge < -0.3 is 0 Å². The molecule has 0 spiro atoms. The molecule has 0 aliphatic heterocycles. The lowest BCUT2D eigenvalue weighted by Gasteiger charge is -2.12. The zero-order valence-corrected chi connectivity index (χ0v) is 10.1. The number of nitrogens with zero attached hydrogens (tertiary/aromatic N) is 1. The normalized spacial score (nSPS) is 10.9. The van der Waals surface area contributed by atoms with E-state index >= 15 is 0 Å². The number of carbonyl (C=O) groups excluding carboxylic acids is 1. The molecule has 2 nitrogen and oxygen atoms in total. The van der Waals surface area contributed by atoms with Gasteiger partial charge in [0.2, 0.25) is 0 Å². The lowest BCUT2D eigenvalue weighted by Crippen LogP contribution is -2.14. The van der Waals surface area contributed by atoms with Gasteiger partial charge in [-0.25, -0.2) is 0 Å². The number of benzene rings is 2. The maximum absolute atomic E-state index is 12.9. The minimum absolute atomic E-state index is 0.0114. The molecule has 2 aromatic rings. The highest BCUT2D eigenvalue weighted by molar-refractivity contribution is 6.10. The molecule has 0 saturated heterocycles. The van der Waals surface area contributed by atoms with E-state index < -0.39 is 23.1 Å². The number of ketones is 1. The first-order chi connectivity index (χ1) is 9.43. The van der Waals surface area contributed by atoms with Gasteiger partial charge >= 0.3 is 6.18 Å². The summed E-state index contributed by atoms with van der Waals surface area (Å²) in [6.45, 7) is 0. The van der Waals surface area contributed by atoms with Gasteiger partial charge in [-0.1, -0.05) is 30.3 Å². The Bertz CT molecular complexity index is 685. The molecule has 0 fully saturated rings. The van der Waals surface area contributed by atoms with Crippen LogP contribution in [0.5, 0.6) is 0 Å². The zero-order valence-electron chi connectivity index (χ0n) is 10.1. The van der Waals surface area contributed by atoms with Gasteiger partial charge in [-0.15, -0.1) is 0 Å². The lowest BCUT2D eigenvalue weighted by atomic mass is 9.96. The van der Waals surface area contributed by atoms with Crippen molar-refractivity contribution in [1.29, 1.82) is 5.26 Å². The number of hydrogen-bond acceptors (Lipinski definition) is 2. The van der Waals surface area contributed by atoms with Crippen molar-refractivity contribution in [2.45, 2.75) is 6.18 Å². The number of carbonyl (C=O) groups is 1. The third kappa shape index (κ3) is 2.69. The number of rotatable bonds is 2. The standard InChI is InChI=1S/C15H8F3NO/c16-15(17,18)13-7-6-10(9-19)8-12(13)14(20)11-4-2-1-3-5-11/h1-8H.